The van der Waals surface area contributed by atoms with Gasteiger partial charge in [-0.05, 0) is 44.2 Å². The van der Waals surface area contributed by atoms with Crippen molar-refractivity contribution in [3.8, 4) is 6.07 Å². The van der Waals surface area contributed by atoms with E-state index in [2.05, 4.69) is 18.7 Å². The van der Waals surface area contributed by atoms with Gasteiger partial charge in [0.05, 0.1) is 11.6 Å². The number of hydrogen-bond donors (Lipinski definition) is 0. The molecule has 0 heterocycles. The molecule has 1 aromatic carbocycles. The highest BCUT2D eigenvalue weighted by atomic mass is 19.1. The smallest absolute Gasteiger partial charge is 0.124 e. The third-order valence-corrected chi connectivity index (χ3v) is 2.98. The van der Waals surface area contributed by atoms with Crippen LogP contribution in [0.3, 0.4) is 0 Å². The van der Waals surface area contributed by atoms with Crippen molar-refractivity contribution in [1.82, 2.24) is 4.90 Å². The molecule has 0 bridgehead atoms. The Labute approximate surface area is 103 Å². The summed E-state index contributed by atoms with van der Waals surface area (Å²) in [6.07, 6.45) is 2.26. The molecule has 0 aliphatic rings. The highest BCUT2D eigenvalue weighted by Crippen LogP contribution is 2.13. The molecule has 0 spiro atoms. The number of nitrogens with zero attached hydrogens (tertiary/aromatic N) is 2. The average Bonchev–Trinajstić information content (AvgIpc) is 2.28. The lowest BCUT2D eigenvalue weighted by Gasteiger charge is -2.24. The van der Waals surface area contributed by atoms with Gasteiger partial charge >= 0.3 is 0 Å². The lowest BCUT2D eigenvalue weighted by atomic mass is 10.1. The van der Waals surface area contributed by atoms with E-state index in [1.807, 2.05) is 13.1 Å². The van der Waals surface area contributed by atoms with Gasteiger partial charge in [0.25, 0.3) is 0 Å². The molecule has 2 nitrogen and oxygen atoms in total. The van der Waals surface area contributed by atoms with Crippen LogP contribution in [0.5, 0.6) is 0 Å². The van der Waals surface area contributed by atoms with Crippen molar-refractivity contribution in [3.05, 3.63) is 35.1 Å². The van der Waals surface area contributed by atoms with Gasteiger partial charge in [-0.2, -0.15) is 5.26 Å². The van der Waals surface area contributed by atoms with E-state index in [0.717, 1.165) is 18.4 Å². The van der Waals surface area contributed by atoms with Crippen LogP contribution in [0.15, 0.2) is 18.2 Å². The Hall–Kier alpha value is -1.40. The molecule has 0 saturated carbocycles. The molecular formula is C14H19FN2. The molecule has 0 aromatic heterocycles. The van der Waals surface area contributed by atoms with Gasteiger partial charge < -0.3 is 0 Å². The van der Waals surface area contributed by atoms with Crippen LogP contribution in [0.2, 0.25) is 0 Å². The summed E-state index contributed by atoms with van der Waals surface area (Å²) >= 11 is 0. The van der Waals surface area contributed by atoms with Gasteiger partial charge in [0.1, 0.15) is 5.82 Å². The minimum atomic E-state index is -0.337. The van der Waals surface area contributed by atoms with Crippen LogP contribution in [0.1, 0.15) is 37.8 Å². The van der Waals surface area contributed by atoms with Crippen molar-refractivity contribution in [1.29, 1.82) is 5.26 Å². The largest absolute Gasteiger partial charge is 0.299 e. The van der Waals surface area contributed by atoms with Gasteiger partial charge in [-0.1, -0.05) is 13.3 Å². The third-order valence-electron chi connectivity index (χ3n) is 2.98. The standard InChI is InChI=1S/C14H19FN2/c1-4-5-11(2)17(3)10-13-6-12(9-16)7-14(15)8-13/h6-8,11H,4-5,10H2,1-3H3. The zero-order chi connectivity index (χ0) is 12.8. The second kappa shape index (κ2) is 6.36. The van der Waals surface area contributed by atoms with Crippen LogP contribution < -0.4 is 0 Å². The highest BCUT2D eigenvalue weighted by Gasteiger charge is 2.09. The van der Waals surface area contributed by atoms with E-state index in [1.54, 1.807) is 6.07 Å². The first-order valence-electron chi connectivity index (χ1n) is 5.96. The molecule has 1 atom stereocenters. The van der Waals surface area contributed by atoms with Gasteiger partial charge in [-0.15, -0.1) is 0 Å². The molecule has 92 valence electrons. The summed E-state index contributed by atoms with van der Waals surface area (Å²) in [4.78, 5) is 2.18. The van der Waals surface area contributed by atoms with E-state index in [4.69, 9.17) is 5.26 Å². The summed E-state index contributed by atoms with van der Waals surface area (Å²) < 4.78 is 13.2. The maximum absolute atomic E-state index is 13.2. The molecule has 0 aliphatic heterocycles. The van der Waals surface area contributed by atoms with Crippen LogP contribution in [0.4, 0.5) is 4.39 Å². The zero-order valence-electron chi connectivity index (χ0n) is 10.7. The van der Waals surface area contributed by atoms with Gasteiger partial charge in [0.2, 0.25) is 0 Å². The summed E-state index contributed by atoms with van der Waals surface area (Å²) in [5.41, 5.74) is 1.24. The lowest BCUT2D eigenvalue weighted by Crippen LogP contribution is -2.28. The normalized spacial score (nSPS) is 12.5. The van der Waals surface area contributed by atoms with Crippen molar-refractivity contribution in [2.75, 3.05) is 7.05 Å². The van der Waals surface area contributed by atoms with Crippen LogP contribution in [0, 0.1) is 17.1 Å². The molecule has 0 aliphatic carbocycles. The first-order chi connectivity index (χ1) is 8.06. The van der Waals surface area contributed by atoms with Crippen molar-refractivity contribution < 1.29 is 4.39 Å². The molecule has 0 radical (unpaired) electrons. The van der Waals surface area contributed by atoms with Crippen molar-refractivity contribution in [2.24, 2.45) is 0 Å². The second-order valence-corrected chi connectivity index (χ2v) is 4.51. The Kier molecular flexibility index (Phi) is 5.11. The fourth-order valence-electron chi connectivity index (χ4n) is 1.89. The molecule has 0 saturated heterocycles. The van der Waals surface area contributed by atoms with Gasteiger partial charge in [0.15, 0.2) is 0 Å². The number of halogens is 1. The molecule has 17 heavy (non-hydrogen) atoms. The first-order valence-corrected chi connectivity index (χ1v) is 5.96. The minimum absolute atomic E-state index is 0.337. The number of rotatable bonds is 5. The monoisotopic (exact) mass is 234 g/mol. The number of nitriles is 1. The van der Waals surface area contributed by atoms with E-state index >= 15 is 0 Å². The van der Waals surface area contributed by atoms with E-state index in [0.29, 0.717) is 18.2 Å². The summed E-state index contributed by atoms with van der Waals surface area (Å²) in [5.74, 6) is -0.337. The number of benzene rings is 1. The molecule has 1 unspecified atom stereocenters. The predicted molar refractivity (Wildman–Crippen MR) is 67.0 cm³/mol. The molecule has 0 fully saturated rings. The van der Waals surface area contributed by atoms with Crippen LogP contribution in [0.25, 0.3) is 0 Å². The van der Waals surface area contributed by atoms with Gasteiger partial charge in [-0.3, -0.25) is 4.90 Å². The average molecular weight is 234 g/mol. The minimum Gasteiger partial charge on any atom is -0.299 e. The Morgan fingerprint density at radius 1 is 1.41 bits per heavy atom. The summed E-state index contributed by atoms with van der Waals surface area (Å²) in [7, 11) is 2.03. The predicted octanol–water partition coefficient (Wildman–Crippen LogP) is 3.32. The number of hydrogen-bond acceptors (Lipinski definition) is 2. The topological polar surface area (TPSA) is 27.0 Å². The molecule has 0 N–H and O–H groups in total. The first kappa shape index (κ1) is 13.7. The van der Waals surface area contributed by atoms with Crippen molar-refractivity contribution >= 4 is 0 Å². The van der Waals surface area contributed by atoms with Crippen molar-refractivity contribution in [2.45, 2.75) is 39.3 Å². The maximum atomic E-state index is 13.2. The van der Waals surface area contributed by atoms with E-state index in [-0.39, 0.29) is 5.82 Å². The van der Waals surface area contributed by atoms with Crippen LogP contribution in [-0.4, -0.2) is 18.0 Å². The zero-order valence-corrected chi connectivity index (χ0v) is 10.7. The van der Waals surface area contributed by atoms with E-state index in [9.17, 15) is 4.39 Å². The third kappa shape index (κ3) is 4.16. The quantitative estimate of drug-likeness (QED) is 0.781. The SMILES string of the molecule is CCCC(C)N(C)Cc1cc(F)cc(C#N)c1. The van der Waals surface area contributed by atoms with Crippen molar-refractivity contribution in [3.63, 3.8) is 0 Å². The van der Waals surface area contributed by atoms with E-state index < -0.39 is 0 Å². The van der Waals surface area contributed by atoms with Crippen LogP contribution >= 0.6 is 0 Å². The second-order valence-electron chi connectivity index (χ2n) is 4.51. The summed E-state index contributed by atoms with van der Waals surface area (Å²) in [6.45, 7) is 4.99. The fraction of sp³-hybridized carbons (Fsp3) is 0.500. The Balaban J connectivity index is 2.74. The Morgan fingerprint density at radius 3 is 2.71 bits per heavy atom. The fourth-order valence-corrected chi connectivity index (χ4v) is 1.89. The van der Waals surface area contributed by atoms with Gasteiger partial charge in [-0.25, -0.2) is 4.39 Å². The molecule has 3 heteroatoms. The lowest BCUT2D eigenvalue weighted by molar-refractivity contribution is 0.236. The van der Waals surface area contributed by atoms with Crippen LogP contribution in [-0.2, 0) is 6.54 Å². The maximum Gasteiger partial charge on any atom is 0.124 e. The molecule has 1 rings (SSSR count). The molecular weight excluding hydrogens is 215 g/mol. The Bertz CT molecular complexity index is 409. The highest BCUT2D eigenvalue weighted by molar-refractivity contribution is 5.33. The molecule has 0 amide bonds. The van der Waals surface area contributed by atoms with E-state index in [1.165, 1.54) is 12.1 Å². The van der Waals surface area contributed by atoms with Gasteiger partial charge in [0, 0.05) is 12.6 Å². The summed E-state index contributed by atoms with van der Waals surface area (Å²) in [6, 6.07) is 6.95. The Morgan fingerprint density at radius 2 is 2.12 bits per heavy atom. The summed E-state index contributed by atoms with van der Waals surface area (Å²) in [5, 5.41) is 8.78. The molecule has 1 aromatic rings.